The lowest BCUT2D eigenvalue weighted by Crippen LogP contribution is -1.97. The van der Waals surface area contributed by atoms with Crippen LogP contribution in [0.25, 0.3) is 5.57 Å². The number of hydrogen-bond acceptors (Lipinski definition) is 4. The third-order valence-electron chi connectivity index (χ3n) is 4.18. The summed E-state index contributed by atoms with van der Waals surface area (Å²) in [4.78, 5) is 11.4. The van der Waals surface area contributed by atoms with Gasteiger partial charge in [0.05, 0.1) is 14.2 Å². The third-order valence-corrected chi connectivity index (χ3v) is 4.43. The van der Waals surface area contributed by atoms with E-state index in [2.05, 4.69) is 0 Å². The summed E-state index contributed by atoms with van der Waals surface area (Å²) in [7, 11) is 3.08. The molecule has 0 fully saturated rings. The van der Waals surface area contributed by atoms with Gasteiger partial charge in [-0.25, -0.2) is 4.79 Å². The van der Waals surface area contributed by atoms with E-state index in [-0.39, 0.29) is 0 Å². The van der Waals surface area contributed by atoms with Crippen molar-refractivity contribution in [2.75, 3.05) is 14.2 Å². The molecule has 0 amide bonds. The van der Waals surface area contributed by atoms with Crippen LogP contribution >= 0.6 is 11.6 Å². The van der Waals surface area contributed by atoms with Gasteiger partial charge in [-0.2, -0.15) is 0 Å². The molecule has 3 aromatic carbocycles. The van der Waals surface area contributed by atoms with Gasteiger partial charge >= 0.3 is 5.97 Å². The Hall–Kier alpha value is -3.44. The molecule has 148 valence electrons. The lowest BCUT2D eigenvalue weighted by atomic mass is 9.97. The number of ether oxygens (including phenoxy) is 3. The van der Waals surface area contributed by atoms with E-state index in [0.717, 1.165) is 11.6 Å². The first-order valence-corrected chi connectivity index (χ1v) is 9.09. The second-order valence-electron chi connectivity index (χ2n) is 6.05. The van der Waals surface area contributed by atoms with E-state index in [4.69, 9.17) is 25.8 Å². The van der Waals surface area contributed by atoms with Crippen molar-refractivity contribution in [1.29, 1.82) is 0 Å². The molecule has 0 radical (unpaired) electrons. The van der Waals surface area contributed by atoms with Crippen molar-refractivity contribution in [1.82, 2.24) is 0 Å². The fourth-order valence-electron chi connectivity index (χ4n) is 2.80. The summed E-state index contributed by atoms with van der Waals surface area (Å²) >= 11 is 5.88. The Labute approximate surface area is 173 Å². The van der Waals surface area contributed by atoms with E-state index in [1.165, 1.54) is 7.11 Å². The quantitative estimate of drug-likeness (QED) is 0.508. The van der Waals surface area contributed by atoms with E-state index < -0.39 is 5.97 Å². The number of methoxy groups -OCH3 is 2. The highest BCUT2D eigenvalue weighted by Gasteiger charge is 2.12. The average molecular weight is 411 g/mol. The monoisotopic (exact) mass is 410 g/mol. The molecule has 3 aromatic rings. The van der Waals surface area contributed by atoms with Gasteiger partial charge in [0.15, 0.2) is 11.5 Å². The van der Waals surface area contributed by atoms with Crippen LogP contribution in [0.5, 0.6) is 23.0 Å². The van der Waals surface area contributed by atoms with E-state index in [0.29, 0.717) is 39.2 Å². The summed E-state index contributed by atoms with van der Waals surface area (Å²) < 4.78 is 16.4. The zero-order valence-electron chi connectivity index (χ0n) is 15.9. The normalized spacial score (nSPS) is 11.1. The second-order valence-corrected chi connectivity index (χ2v) is 6.48. The number of hydrogen-bond donors (Lipinski definition) is 1. The van der Waals surface area contributed by atoms with Gasteiger partial charge in [0, 0.05) is 11.1 Å². The number of rotatable bonds is 7. The van der Waals surface area contributed by atoms with Gasteiger partial charge < -0.3 is 19.3 Å². The molecule has 0 heterocycles. The van der Waals surface area contributed by atoms with Crippen LogP contribution < -0.4 is 14.2 Å². The highest BCUT2D eigenvalue weighted by molar-refractivity contribution is 6.30. The van der Waals surface area contributed by atoms with Crippen molar-refractivity contribution in [2.45, 2.75) is 0 Å². The van der Waals surface area contributed by atoms with Crippen molar-refractivity contribution in [3.63, 3.8) is 0 Å². The maximum Gasteiger partial charge on any atom is 0.328 e. The maximum atomic E-state index is 11.4. The first kappa shape index (κ1) is 20.3. The minimum atomic E-state index is -1.05. The van der Waals surface area contributed by atoms with Gasteiger partial charge in [-0.05, 0) is 65.2 Å². The number of carbonyl (C=O) groups is 1. The van der Waals surface area contributed by atoms with Crippen LogP contribution in [0.4, 0.5) is 0 Å². The van der Waals surface area contributed by atoms with E-state index in [9.17, 15) is 9.90 Å². The van der Waals surface area contributed by atoms with E-state index in [1.54, 1.807) is 73.8 Å². The molecule has 0 aliphatic heterocycles. The molecule has 0 bridgehead atoms. The van der Waals surface area contributed by atoms with Gasteiger partial charge in [0.2, 0.25) is 0 Å². The number of aliphatic carboxylic acids is 1. The van der Waals surface area contributed by atoms with Crippen LogP contribution in [-0.4, -0.2) is 25.3 Å². The molecule has 29 heavy (non-hydrogen) atoms. The highest BCUT2D eigenvalue weighted by atomic mass is 35.5. The van der Waals surface area contributed by atoms with Crippen LogP contribution in [-0.2, 0) is 4.79 Å². The minimum absolute atomic E-state index is 0.518. The zero-order valence-corrected chi connectivity index (χ0v) is 16.6. The lowest BCUT2D eigenvalue weighted by Gasteiger charge is -2.13. The Kier molecular flexibility index (Phi) is 6.42. The molecule has 0 aliphatic carbocycles. The number of carboxylic acid groups (broad SMARTS) is 1. The molecule has 0 saturated heterocycles. The fraction of sp³-hybridized carbons (Fsp3) is 0.0870. The van der Waals surface area contributed by atoms with Crippen molar-refractivity contribution < 1.29 is 24.1 Å². The fourth-order valence-corrected chi connectivity index (χ4v) is 2.93. The summed E-state index contributed by atoms with van der Waals surface area (Å²) in [6, 6.07) is 19.5. The molecule has 5 nitrogen and oxygen atoms in total. The standard InChI is InChI=1S/C23H19ClO5/c1-27-21-12-5-16(13-22(21)28-2)20(14-23(25)26)15-3-8-18(9-4-15)29-19-10-6-17(24)7-11-19/h3-14H,1-2H3,(H,25,26)/b20-14-. The lowest BCUT2D eigenvalue weighted by molar-refractivity contribution is -0.131. The Bertz CT molecular complexity index is 1020. The largest absolute Gasteiger partial charge is 0.493 e. The third kappa shape index (κ3) is 5.09. The van der Waals surface area contributed by atoms with Crippen LogP contribution in [0.15, 0.2) is 72.8 Å². The average Bonchev–Trinajstić information content (AvgIpc) is 2.73. The smallest absolute Gasteiger partial charge is 0.328 e. The van der Waals surface area contributed by atoms with Crippen LogP contribution in [0.1, 0.15) is 11.1 Å². The number of carboxylic acids is 1. The molecule has 0 aromatic heterocycles. The summed E-state index contributed by atoms with van der Waals surface area (Å²) in [6.07, 6.45) is 1.16. The maximum absolute atomic E-state index is 11.4. The van der Waals surface area contributed by atoms with E-state index in [1.807, 2.05) is 0 Å². The summed E-state index contributed by atoms with van der Waals surface area (Å²) in [5.41, 5.74) is 1.95. The molecular formula is C23H19ClO5. The molecular weight excluding hydrogens is 392 g/mol. The number of benzene rings is 3. The SMILES string of the molecule is COc1ccc(/C(=C\C(=O)O)c2ccc(Oc3ccc(Cl)cc3)cc2)cc1OC. The van der Waals surface area contributed by atoms with Crippen molar-refractivity contribution in [2.24, 2.45) is 0 Å². The first-order chi connectivity index (χ1) is 14.0. The Morgan fingerprint density at radius 2 is 1.38 bits per heavy atom. The highest BCUT2D eigenvalue weighted by Crippen LogP contribution is 2.33. The molecule has 6 heteroatoms. The van der Waals surface area contributed by atoms with Crippen LogP contribution in [0.2, 0.25) is 5.02 Å². The predicted molar refractivity (Wildman–Crippen MR) is 112 cm³/mol. The molecule has 0 spiro atoms. The van der Waals surface area contributed by atoms with Crippen molar-refractivity contribution in [3.8, 4) is 23.0 Å². The van der Waals surface area contributed by atoms with Gasteiger partial charge in [0.1, 0.15) is 11.5 Å². The second kappa shape index (κ2) is 9.17. The first-order valence-electron chi connectivity index (χ1n) is 8.71. The Morgan fingerprint density at radius 1 is 0.828 bits per heavy atom. The van der Waals surface area contributed by atoms with Crippen molar-refractivity contribution in [3.05, 3.63) is 89.0 Å². The van der Waals surface area contributed by atoms with Crippen molar-refractivity contribution >= 4 is 23.1 Å². The molecule has 0 unspecified atom stereocenters. The van der Waals surface area contributed by atoms with Gasteiger partial charge in [-0.15, -0.1) is 0 Å². The molecule has 0 aliphatic rings. The summed E-state index contributed by atoms with van der Waals surface area (Å²) in [5.74, 6) is 1.32. The summed E-state index contributed by atoms with van der Waals surface area (Å²) in [6.45, 7) is 0. The van der Waals surface area contributed by atoms with Gasteiger partial charge in [0.25, 0.3) is 0 Å². The van der Waals surface area contributed by atoms with E-state index >= 15 is 0 Å². The molecule has 1 N–H and O–H groups in total. The van der Waals surface area contributed by atoms with Crippen LogP contribution in [0.3, 0.4) is 0 Å². The Morgan fingerprint density at radius 3 is 1.93 bits per heavy atom. The Balaban J connectivity index is 1.92. The number of halogens is 1. The predicted octanol–water partition coefficient (Wildman–Crippen LogP) is 5.67. The van der Waals surface area contributed by atoms with Gasteiger partial charge in [-0.1, -0.05) is 29.8 Å². The zero-order chi connectivity index (χ0) is 20.8. The molecule has 0 saturated carbocycles. The van der Waals surface area contributed by atoms with Crippen LogP contribution in [0, 0.1) is 0 Å². The summed E-state index contributed by atoms with van der Waals surface area (Å²) in [5, 5.41) is 9.97. The van der Waals surface area contributed by atoms with Gasteiger partial charge in [-0.3, -0.25) is 0 Å². The molecule has 3 rings (SSSR count). The molecule has 0 atom stereocenters. The topological polar surface area (TPSA) is 65.0 Å². The minimum Gasteiger partial charge on any atom is -0.493 e.